The van der Waals surface area contributed by atoms with Crippen LogP contribution in [0, 0.1) is 5.92 Å². The lowest BCUT2D eigenvalue weighted by Gasteiger charge is -2.27. The Morgan fingerprint density at radius 2 is 2.11 bits per heavy atom. The Hall–Kier alpha value is -2.67. The first-order valence-electron chi connectivity index (χ1n) is 9.85. The zero-order valence-electron chi connectivity index (χ0n) is 16.0. The number of likely N-dealkylation sites (tertiary alicyclic amines) is 1. The monoisotopic (exact) mass is 380 g/mol. The lowest BCUT2D eigenvalue weighted by molar-refractivity contribution is 0.0784. The number of fused-ring (bicyclic) bond motifs is 3. The zero-order chi connectivity index (χ0) is 19.1. The van der Waals surface area contributed by atoms with Crippen LogP contribution in [0.1, 0.15) is 27.5 Å². The lowest BCUT2D eigenvalue weighted by Crippen LogP contribution is -2.37. The van der Waals surface area contributed by atoms with Crippen molar-refractivity contribution >= 4 is 11.9 Å². The molecule has 0 radical (unpaired) electrons. The van der Waals surface area contributed by atoms with Crippen LogP contribution in [-0.4, -0.2) is 67.3 Å². The molecule has 1 aromatic carbocycles. The highest BCUT2D eigenvalue weighted by Crippen LogP contribution is 2.42. The molecule has 0 bridgehead atoms. The first-order chi connectivity index (χ1) is 13.7. The van der Waals surface area contributed by atoms with Crippen molar-refractivity contribution in [2.75, 3.05) is 51.4 Å². The zero-order valence-corrected chi connectivity index (χ0v) is 16.0. The van der Waals surface area contributed by atoms with E-state index in [0.717, 1.165) is 50.9 Å². The number of nitrogens with zero attached hydrogens (tertiary/aromatic N) is 4. The molecule has 3 heterocycles. The summed E-state index contributed by atoms with van der Waals surface area (Å²) in [6, 6.07) is 7.38. The second-order valence-electron chi connectivity index (χ2n) is 7.69. The van der Waals surface area contributed by atoms with Gasteiger partial charge in [0.05, 0.1) is 26.0 Å². The summed E-state index contributed by atoms with van der Waals surface area (Å²) in [5.74, 6) is 2.29. The SMILES string of the molecule is COc1cccc(C(=O)N2C[C@H]3Cc4cnc(N5CCOCC5)nc4[C@H]3C2)c1. The molecular formula is C21H24N4O3. The molecule has 5 rings (SSSR count). The number of rotatable bonds is 3. The van der Waals surface area contributed by atoms with E-state index in [9.17, 15) is 4.79 Å². The minimum Gasteiger partial charge on any atom is -0.497 e. The van der Waals surface area contributed by atoms with E-state index < -0.39 is 0 Å². The molecule has 7 nitrogen and oxygen atoms in total. The molecule has 1 aromatic heterocycles. The first kappa shape index (κ1) is 17.4. The molecule has 2 fully saturated rings. The van der Waals surface area contributed by atoms with Crippen LogP contribution in [0.25, 0.3) is 0 Å². The molecule has 7 heteroatoms. The number of ether oxygens (including phenoxy) is 2. The maximum atomic E-state index is 13.0. The van der Waals surface area contributed by atoms with Crippen LogP contribution < -0.4 is 9.64 Å². The third-order valence-electron chi connectivity index (χ3n) is 6.06. The summed E-state index contributed by atoms with van der Waals surface area (Å²) in [5.41, 5.74) is 3.04. The van der Waals surface area contributed by atoms with Crippen molar-refractivity contribution in [3.05, 3.63) is 47.3 Å². The van der Waals surface area contributed by atoms with Gasteiger partial charge < -0.3 is 19.3 Å². The number of carbonyl (C=O) groups is 1. The van der Waals surface area contributed by atoms with Crippen LogP contribution in [0.5, 0.6) is 5.75 Å². The van der Waals surface area contributed by atoms with E-state index in [1.165, 1.54) is 5.56 Å². The van der Waals surface area contributed by atoms with E-state index in [0.29, 0.717) is 29.7 Å². The van der Waals surface area contributed by atoms with Gasteiger partial charge in [-0.15, -0.1) is 0 Å². The molecule has 0 unspecified atom stereocenters. The molecule has 2 aliphatic heterocycles. The first-order valence-corrected chi connectivity index (χ1v) is 9.85. The average Bonchev–Trinajstić information content (AvgIpc) is 3.31. The number of amides is 1. The number of hydrogen-bond donors (Lipinski definition) is 0. The van der Waals surface area contributed by atoms with Gasteiger partial charge in [0.2, 0.25) is 5.95 Å². The molecule has 3 aliphatic rings. The number of morpholine rings is 1. The van der Waals surface area contributed by atoms with Crippen LogP contribution in [0.4, 0.5) is 5.95 Å². The summed E-state index contributed by atoms with van der Waals surface area (Å²) in [6.45, 7) is 4.57. The van der Waals surface area contributed by atoms with Crippen LogP contribution in [0.2, 0.25) is 0 Å². The number of methoxy groups -OCH3 is 1. The normalized spacial score (nSPS) is 23.5. The second kappa shape index (κ2) is 7.05. The Labute approximate surface area is 164 Å². The molecule has 146 valence electrons. The molecule has 0 spiro atoms. The largest absolute Gasteiger partial charge is 0.497 e. The van der Waals surface area contributed by atoms with Crippen LogP contribution in [0.3, 0.4) is 0 Å². The topological polar surface area (TPSA) is 67.8 Å². The average molecular weight is 380 g/mol. The lowest BCUT2D eigenvalue weighted by atomic mass is 9.99. The van der Waals surface area contributed by atoms with Crippen molar-refractivity contribution in [2.24, 2.45) is 5.92 Å². The van der Waals surface area contributed by atoms with Gasteiger partial charge >= 0.3 is 0 Å². The third kappa shape index (κ3) is 2.99. The van der Waals surface area contributed by atoms with Crippen molar-refractivity contribution in [3.63, 3.8) is 0 Å². The number of aromatic nitrogens is 2. The quantitative estimate of drug-likeness (QED) is 0.808. The smallest absolute Gasteiger partial charge is 0.254 e. The third-order valence-corrected chi connectivity index (χ3v) is 6.06. The highest BCUT2D eigenvalue weighted by molar-refractivity contribution is 5.95. The van der Waals surface area contributed by atoms with Crippen molar-refractivity contribution in [2.45, 2.75) is 12.3 Å². The van der Waals surface area contributed by atoms with Crippen LogP contribution in [0.15, 0.2) is 30.5 Å². The maximum Gasteiger partial charge on any atom is 0.254 e. The van der Waals surface area contributed by atoms with Gasteiger partial charge in [-0.1, -0.05) is 6.07 Å². The summed E-state index contributed by atoms with van der Waals surface area (Å²) in [4.78, 5) is 26.6. The van der Waals surface area contributed by atoms with Gasteiger partial charge in [0.15, 0.2) is 0 Å². The van der Waals surface area contributed by atoms with Crippen molar-refractivity contribution in [3.8, 4) is 5.75 Å². The van der Waals surface area contributed by atoms with Gasteiger partial charge in [0.25, 0.3) is 5.91 Å². The fourth-order valence-corrected chi connectivity index (χ4v) is 4.58. The second-order valence-corrected chi connectivity index (χ2v) is 7.69. The van der Waals surface area contributed by atoms with Crippen molar-refractivity contribution < 1.29 is 14.3 Å². The number of hydrogen-bond acceptors (Lipinski definition) is 6. The predicted molar refractivity (Wildman–Crippen MR) is 104 cm³/mol. The number of anilines is 1. The highest BCUT2D eigenvalue weighted by atomic mass is 16.5. The van der Waals surface area contributed by atoms with E-state index in [1.807, 2.05) is 35.4 Å². The Morgan fingerprint density at radius 3 is 2.93 bits per heavy atom. The molecule has 1 amide bonds. The maximum absolute atomic E-state index is 13.0. The number of carbonyl (C=O) groups excluding carboxylic acids is 1. The van der Waals surface area contributed by atoms with Crippen molar-refractivity contribution in [1.82, 2.24) is 14.9 Å². The van der Waals surface area contributed by atoms with Crippen LogP contribution in [-0.2, 0) is 11.2 Å². The van der Waals surface area contributed by atoms with Gasteiger partial charge in [0.1, 0.15) is 5.75 Å². The Balaban J connectivity index is 1.35. The molecule has 0 saturated carbocycles. The molecule has 1 aliphatic carbocycles. The van der Waals surface area contributed by atoms with E-state index in [2.05, 4.69) is 9.88 Å². The fourth-order valence-electron chi connectivity index (χ4n) is 4.58. The van der Waals surface area contributed by atoms with Gasteiger partial charge in [0, 0.05) is 43.9 Å². The summed E-state index contributed by atoms with van der Waals surface area (Å²) in [7, 11) is 1.62. The van der Waals surface area contributed by atoms with Gasteiger partial charge in [-0.05, 0) is 36.1 Å². The minimum atomic E-state index is 0.0670. The molecular weight excluding hydrogens is 356 g/mol. The Bertz CT molecular complexity index is 897. The summed E-state index contributed by atoms with van der Waals surface area (Å²) in [5, 5.41) is 0. The van der Waals surface area contributed by atoms with Gasteiger partial charge in [-0.25, -0.2) is 9.97 Å². The summed E-state index contributed by atoms with van der Waals surface area (Å²) >= 11 is 0. The summed E-state index contributed by atoms with van der Waals surface area (Å²) in [6.07, 6.45) is 2.94. The molecule has 2 aromatic rings. The van der Waals surface area contributed by atoms with E-state index in [1.54, 1.807) is 7.11 Å². The molecule has 28 heavy (non-hydrogen) atoms. The highest BCUT2D eigenvalue weighted by Gasteiger charge is 2.43. The minimum absolute atomic E-state index is 0.0670. The van der Waals surface area contributed by atoms with Crippen molar-refractivity contribution in [1.29, 1.82) is 0 Å². The van der Waals surface area contributed by atoms with E-state index in [-0.39, 0.29) is 5.91 Å². The predicted octanol–water partition coefficient (Wildman–Crippen LogP) is 1.73. The summed E-state index contributed by atoms with van der Waals surface area (Å²) < 4.78 is 10.7. The fraction of sp³-hybridized carbons (Fsp3) is 0.476. The molecule has 2 atom stereocenters. The van der Waals surface area contributed by atoms with Crippen LogP contribution >= 0.6 is 0 Å². The Morgan fingerprint density at radius 1 is 1.25 bits per heavy atom. The number of benzene rings is 1. The Kier molecular flexibility index (Phi) is 4.39. The van der Waals surface area contributed by atoms with Gasteiger partial charge in [-0.3, -0.25) is 4.79 Å². The van der Waals surface area contributed by atoms with E-state index in [4.69, 9.17) is 14.5 Å². The molecule has 0 N–H and O–H groups in total. The molecule has 2 saturated heterocycles. The standard InChI is InChI=1S/C21H24N4O3/c1-27-17-4-2-3-14(10-17)20(26)25-12-16-9-15-11-22-21(23-19(15)18(16)13-25)24-5-7-28-8-6-24/h2-4,10-11,16,18H,5-9,12-13H2,1H3/t16-,18+/m1/s1. The van der Waals surface area contributed by atoms with E-state index >= 15 is 0 Å². The van der Waals surface area contributed by atoms with Gasteiger partial charge in [-0.2, -0.15) is 0 Å².